The molecule has 0 radical (unpaired) electrons. The van der Waals surface area contributed by atoms with Crippen LogP contribution < -0.4 is 20.1 Å². The van der Waals surface area contributed by atoms with Crippen LogP contribution in [0, 0.1) is 0 Å². The van der Waals surface area contributed by atoms with E-state index in [2.05, 4.69) is 24.5 Å². The van der Waals surface area contributed by atoms with Crippen molar-refractivity contribution in [3.05, 3.63) is 54.1 Å². The molecule has 2 N–H and O–H groups in total. The van der Waals surface area contributed by atoms with Crippen molar-refractivity contribution in [1.29, 1.82) is 0 Å². The van der Waals surface area contributed by atoms with Crippen molar-refractivity contribution in [2.75, 3.05) is 18.5 Å². The number of benzene rings is 2. The lowest BCUT2D eigenvalue weighted by atomic mass is 10.2. The molecule has 0 fully saturated rings. The van der Waals surface area contributed by atoms with Gasteiger partial charge in [0.15, 0.2) is 5.11 Å². The molecular weight excluding hydrogens is 408 g/mol. The highest BCUT2D eigenvalue weighted by Crippen LogP contribution is 2.24. The van der Waals surface area contributed by atoms with E-state index in [0.29, 0.717) is 24.5 Å². The van der Waals surface area contributed by atoms with Gasteiger partial charge in [0.25, 0.3) is 5.91 Å². The highest BCUT2D eigenvalue weighted by Gasteiger charge is 2.10. The number of para-hydroxylation sites is 2. The van der Waals surface area contributed by atoms with E-state index >= 15 is 0 Å². The summed E-state index contributed by atoms with van der Waals surface area (Å²) in [6.07, 6.45) is 8.04. The number of hydrogen-bond donors (Lipinski definition) is 2. The number of carbonyl (C=O) groups excluding carboxylic acids is 1. The second-order valence-electron chi connectivity index (χ2n) is 7.39. The standard InChI is InChI=1S/C25H34N2O3S/c1-3-5-7-8-11-19-29-21-16-14-20(15-17-21)24(28)27-25(31)26-22-12-9-10-13-23(22)30-18-6-4-2/h9-10,12-17H,3-8,11,18-19H2,1-2H3,(H2,26,27,28,31). The minimum atomic E-state index is -0.270. The first-order valence-electron chi connectivity index (χ1n) is 11.2. The summed E-state index contributed by atoms with van der Waals surface area (Å²) in [7, 11) is 0. The molecule has 0 bridgehead atoms. The number of ether oxygens (including phenoxy) is 2. The van der Waals surface area contributed by atoms with Crippen molar-refractivity contribution in [2.24, 2.45) is 0 Å². The summed E-state index contributed by atoms with van der Waals surface area (Å²) in [4.78, 5) is 12.5. The molecule has 2 aromatic rings. The van der Waals surface area contributed by atoms with E-state index in [1.807, 2.05) is 36.4 Å². The Balaban J connectivity index is 1.80. The quantitative estimate of drug-likeness (QED) is 0.280. The second kappa shape index (κ2) is 14.4. The monoisotopic (exact) mass is 442 g/mol. The lowest BCUT2D eigenvalue weighted by Crippen LogP contribution is -2.34. The number of carbonyl (C=O) groups is 1. The van der Waals surface area contributed by atoms with Crippen LogP contribution in [-0.4, -0.2) is 24.2 Å². The number of anilines is 1. The predicted molar refractivity (Wildman–Crippen MR) is 131 cm³/mol. The molecular formula is C25H34N2O3S. The van der Waals surface area contributed by atoms with Crippen LogP contribution in [0.3, 0.4) is 0 Å². The topological polar surface area (TPSA) is 59.6 Å². The van der Waals surface area contributed by atoms with Crippen molar-refractivity contribution >= 4 is 28.9 Å². The van der Waals surface area contributed by atoms with E-state index in [-0.39, 0.29) is 11.0 Å². The third kappa shape index (κ3) is 9.39. The molecule has 0 saturated carbocycles. The van der Waals surface area contributed by atoms with Crippen LogP contribution in [0.25, 0.3) is 0 Å². The minimum absolute atomic E-state index is 0.226. The molecule has 31 heavy (non-hydrogen) atoms. The Hall–Kier alpha value is -2.60. The van der Waals surface area contributed by atoms with E-state index in [4.69, 9.17) is 21.7 Å². The fourth-order valence-electron chi connectivity index (χ4n) is 2.95. The summed E-state index contributed by atoms with van der Waals surface area (Å²) >= 11 is 5.31. The van der Waals surface area contributed by atoms with Gasteiger partial charge in [-0.1, -0.05) is 58.1 Å². The maximum atomic E-state index is 12.5. The molecule has 0 unspecified atom stereocenters. The van der Waals surface area contributed by atoms with Crippen LogP contribution in [0.4, 0.5) is 5.69 Å². The molecule has 0 aliphatic heterocycles. The minimum Gasteiger partial charge on any atom is -0.494 e. The van der Waals surface area contributed by atoms with Crippen molar-refractivity contribution < 1.29 is 14.3 Å². The first-order valence-corrected chi connectivity index (χ1v) is 11.6. The smallest absolute Gasteiger partial charge is 0.257 e. The maximum Gasteiger partial charge on any atom is 0.257 e. The second-order valence-corrected chi connectivity index (χ2v) is 7.80. The van der Waals surface area contributed by atoms with E-state index in [1.165, 1.54) is 25.7 Å². The predicted octanol–water partition coefficient (Wildman–Crippen LogP) is 6.34. The summed E-state index contributed by atoms with van der Waals surface area (Å²) in [6.45, 7) is 5.66. The number of unbranched alkanes of at least 4 members (excludes halogenated alkanes) is 5. The van der Waals surface area contributed by atoms with Crippen molar-refractivity contribution in [3.63, 3.8) is 0 Å². The van der Waals surface area contributed by atoms with Gasteiger partial charge in [0, 0.05) is 5.56 Å². The van der Waals surface area contributed by atoms with E-state index < -0.39 is 0 Å². The fourth-order valence-corrected chi connectivity index (χ4v) is 3.15. The van der Waals surface area contributed by atoms with E-state index in [0.717, 1.165) is 30.7 Å². The van der Waals surface area contributed by atoms with Gasteiger partial charge in [-0.15, -0.1) is 0 Å². The third-order valence-electron chi connectivity index (χ3n) is 4.75. The van der Waals surface area contributed by atoms with Gasteiger partial charge in [0.1, 0.15) is 11.5 Å². The Morgan fingerprint density at radius 2 is 1.52 bits per heavy atom. The van der Waals surface area contributed by atoms with Gasteiger partial charge in [-0.3, -0.25) is 10.1 Å². The summed E-state index contributed by atoms with van der Waals surface area (Å²) in [5.41, 5.74) is 1.25. The maximum absolute atomic E-state index is 12.5. The first-order chi connectivity index (χ1) is 15.1. The molecule has 0 aliphatic carbocycles. The molecule has 0 spiro atoms. The highest BCUT2D eigenvalue weighted by molar-refractivity contribution is 7.80. The van der Waals surface area contributed by atoms with Crippen LogP contribution in [-0.2, 0) is 0 Å². The summed E-state index contributed by atoms with van der Waals surface area (Å²) in [5.74, 6) is 1.21. The molecule has 168 valence electrons. The van der Waals surface area contributed by atoms with Gasteiger partial charge >= 0.3 is 0 Å². The number of hydrogen-bond acceptors (Lipinski definition) is 4. The number of amides is 1. The van der Waals surface area contributed by atoms with E-state index in [1.54, 1.807) is 12.1 Å². The molecule has 5 nitrogen and oxygen atoms in total. The van der Waals surface area contributed by atoms with Crippen molar-refractivity contribution in [3.8, 4) is 11.5 Å². The zero-order chi connectivity index (χ0) is 22.3. The fraction of sp³-hybridized carbons (Fsp3) is 0.440. The summed E-state index contributed by atoms with van der Waals surface area (Å²) < 4.78 is 11.5. The molecule has 0 aliphatic rings. The lowest BCUT2D eigenvalue weighted by Gasteiger charge is -2.14. The van der Waals surface area contributed by atoms with Gasteiger partial charge in [0.05, 0.1) is 18.9 Å². The van der Waals surface area contributed by atoms with Gasteiger partial charge in [-0.05, 0) is 61.5 Å². The average Bonchev–Trinajstić information content (AvgIpc) is 2.78. The molecule has 0 saturated heterocycles. The average molecular weight is 443 g/mol. The van der Waals surface area contributed by atoms with Crippen LogP contribution in [0.1, 0.15) is 69.2 Å². The van der Waals surface area contributed by atoms with Gasteiger partial charge in [0.2, 0.25) is 0 Å². The highest BCUT2D eigenvalue weighted by atomic mass is 32.1. The molecule has 1 amide bonds. The molecule has 2 aromatic carbocycles. The number of rotatable bonds is 13. The van der Waals surface area contributed by atoms with Crippen LogP contribution in [0.2, 0.25) is 0 Å². The Morgan fingerprint density at radius 1 is 0.839 bits per heavy atom. The zero-order valence-corrected chi connectivity index (χ0v) is 19.4. The SMILES string of the molecule is CCCCCCCOc1ccc(C(=O)NC(=S)Nc2ccccc2OCCCC)cc1. The van der Waals surface area contributed by atoms with Gasteiger partial charge in [-0.25, -0.2) is 0 Å². The van der Waals surface area contributed by atoms with E-state index in [9.17, 15) is 4.79 Å². The first kappa shape index (κ1) is 24.7. The largest absolute Gasteiger partial charge is 0.494 e. The molecule has 2 rings (SSSR count). The van der Waals surface area contributed by atoms with Crippen LogP contribution in [0.5, 0.6) is 11.5 Å². The van der Waals surface area contributed by atoms with Crippen LogP contribution in [0.15, 0.2) is 48.5 Å². The third-order valence-corrected chi connectivity index (χ3v) is 4.96. The van der Waals surface area contributed by atoms with Gasteiger partial charge < -0.3 is 14.8 Å². The Kier molecular flexibility index (Phi) is 11.5. The molecule has 6 heteroatoms. The summed E-state index contributed by atoms with van der Waals surface area (Å²) in [6, 6.07) is 14.7. The zero-order valence-electron chi connectivity index (χ0n) is 18.6. The van der Waals surface area contributed by atoms with Crippen molar-refractivity contribution in [2.45, 2.75) is 58.8 Å². The summed E-state index contributed by atoms with van der Waals surface area (Å²) in [5, 5.41) is 5.99. The lowest BCUT2D eigenvalue weighted by molar-refractivity contribution is 0.0977. The number of nitrogens with one attached hydrogen (secondary N) is 2. The Labute approximate surface area is 191 Å². The van der Waals surface area contributed by atoms with Gasteiger partial charge in [-0.2, -0.15) is 0 Å². The molecule has 0 aromatic heterocycles. The van der Waals surface area contributed by atoms with Crippen LogP contribution >= 0.6 is 12.2 Å². The number of thiocarbonyl (C=S) groups is 1. The van der Waals surface area contributed by atoms with Crippen molar-refractivity contribution in [1.82, 2.24) is 5.32 Å². The normalized spacial score (nSPS) is 10.4. The molecule has 0 atom stereocenters. The molecule has 0 heterocycles. The Morgan fingerprint density at radius 3 is 2.26 bits per heavy atom. The Bertz CT molecular complexity index is 809.